The summed E-state index contributed by atoms with van der Waals surface area (Å²) in [6, 6.07) is 19.6. The minimum absolute atomic E-state index is 0.100. The van der Waals surface area contributed by atoms with Crippen LogP contribution in [0.15, 0.2) is 76.4 Å². The summed E-state index contributed by atoms with van der Waals surface area (Å²) >= 11 is 0. The molecule has 5 nitrogen and oxygen atoms in total. The van der Waals surface area contributed by atoms with Crippen LogP contribution in [-0.4, -0.2) is 12.9 Å². The highest BCUT2D eigenvalue weighted by Gasteiger charge is 2.37. The van der Waals surface area contributed by atoms with E-state index in [1.165, 1.54) is 0 Å². The highest BCUT2D eigenvalue weighted by atomic mass is 16.5. The predicted molar refractivity (Wildman–Crippen MR) is 117 cm³/mol. The van der Waals surface area contributed by atoms with E-state index in [1.54, 1.807) is 7.11 Å². The van der Waals surface area contributed by atoms with E-state index in [9.17, 15) is 4.79 Å². The zero-order chi connectivity index (χ0) is 20.7. The molecule has 2 aliphatic rings. The molecule has 2 atom stereocenters. The minimum Gasteiger partial charge on any atom is -0.497 e. The van der Waals surface area contributed by atoms with Gasteiger partial charge in [0.2, 0.25) is 0 Å². The van der Waals surface area contributed by atoms with E-state index >= 15 is 0 Å². The van der Waals surface area contributed by atoms with Gasteiger partial charge in [0.25, 0.3) is 0 Å². The Kier molecular flexibility index (Phi) is 4.58. The zero-order valence-electron chi connectivity index (χ0n) is 17.1. The SMILES string of the molecule is COc1cccc(C2CC(=O)C3=C(C2)Nc2ccccc2NC3c2ccc(C)o2)c1. The van der Waals surface area contributed by atoms with E-state index in [2.05, 4.69) is 16.7 Å². The molecule has 2 N–H and O–H groups in total. The molecule has 30 heavy (non-hydrogen) atoms. The zero-order valence-corrected chi connectivity index (χ0v) is 17.1. The molecular weight excluding hydrogens is 376 g/mol. The number of methoxy groups -OCH3 is 1. The van der Waals surface area contributed by atoms with Crippen LogP contribution in [0.3, 0.4) is 0 Å². The van der Waals surface area contributed by atoms with Gasteiger partial charge in [-0.1, -0.05) is 24.3 Å². The number of furan rings is 1. The van der Waals surface area contributed by atoms with Crippen LogP contribution in [-0.2, 0) is 4.79 Å². The molecule has 3 aromatic rings. The number of rotatable bonds is 3. The lowest BCUT2D eigenvalue weighted by Crippen LogP contribution is -2.26. The summed E-state index contributed by atoms with van der Waals surface area (Å²) in [5.41, 5.74) is 4.76. The van der Waals surface area contributed by atoms with Crippen LogP contribution >= 0.6 is 0 Å². The van der Waals surface area contributed by atoms with Crippen LogP contribution in [0, 0.1) is 6.92 Å². The summed E-state index contributed by atoms with van der Waals surface area (Å²) in [6.07, 6.45) is 1.21. The Balaban J connectivity index is 1.59. The molecule has 1 aliphatic heterocycles. The van der Waals surface area contributed by atoms with Gasteiger partial charge in [0.15, 0.2) is 5.78 Å². The van der Waals surface area contributed by atoms with E-state index in [1.807, 2.05) is 61.5 Å². The third kappa shape index (κ3) is 3.26. The molecule has 0 bridgehead atoms. The second-order valence-electron chi connectivity index (χ2n) is 7.89. The van der Waals surface area contributed by atoms with Crippen molar-refractivity contribution in [3.05, 3.63) is 89.0 Å². The molecule has 152 valence electrons. The Hall–Kier alpha value is -3.47. The van der Waals surface area contributed by atoms with Crippen LogP contribution < -0.4 is 15.4 Å². The van der Waals surface area contributed by atoms with Crippen LogP contribution in [0.2, 0.25) is 0 Å². The van der Waals surface area contributed by atoms with Gasteiger partial charge < -0.3 is 19.8 Å². The molecule has 5 heteroatoms. The number of hydrogen-bond donors (Lipinski definition) is 2. The summed E-state index contributed by atoms with van der Waals surface area (Å²) in [5.74, 6) is 2.63. The number of anilines is 2. The van der Waals surface area contributed by atoms with Gasteiger partial charge in [0, 0.05) is 17.7 Å². The summed E-state index contributed by atoms with van der Waals surface area (Å²) in [5, 5.41) is 7.09. The fourth-order valence-electron chi connectivity index (χ4n) is 4.45. The highest BCUT2D eigenvalue weighted by Crippen LogP contribution is 2.44. The van der Waals surface area contributed by atoms with E-state index in [-0.39, 0.29) is 17.7 Å². The van der Waals surface area contributed by atoms with E-state index < -0.39 is 0 Å². The Morgan fingerprint density at radius 2 is 1.83 bits per heavy atom. The van der Waals surface area contributed by atoms with Crippen LogP contribution in [0.5, 0.6) is 5.75 Å². The number of ketones is 1. The maximum absolute atomic E-state index is 13.5. The van der Waals surface area contributed by atoms with Crippen molar-refractivity contribution in [1.82, 2.24) is 0 Å². The first-order chi connectivity index (χ1) is 14.6. The van der Waals surface area contributed by atoms with Crippen LogP contribution in [0.25, 0.3) is 0 Å². The van der Waals surface area contributed by atoms with Crippen molar-refractivity contribution < 1.29 is 13.9 Å². The number of carbonyl (C=O) groups is 1. The average molecular weight is 400 g/mol. The monoisotopic (exact) mass is 400 g/mol. The first kappa shape index (κ1) is 18.6. The minimum atomic E-state index is -0.316. The fourth-order valence-corrected chi connectivity index (χ4v) is 4.45. The van der Waals surface area contributed by atoms with Gasteiger partial charge in [-0.2, -0.15) is 0 Å². The summed E-state index contributed by atoms with van der Waals surface area (Å²) in [6.45, 7) is 1.92. The molecule has 2 aromatic carbocycles. The Morgan fingerprint density at radius 3 is 2.60 bits per heavy atom. The number of allylic oxidation sites excluding steroid dienone is 1. The van der Waals surface area contributed by atoms with Crippen molar-refractivity contribution in [2.24, 2.45) is 0 Å². The molecular formula is C25H24N2O3. The molecule has 0 spiro atoms. The lowest BCUT2D eigenvalue weighted by atomic mass is 9.79. The van der Waals surface area contributed by atoms with Gasteiger partial charge in [-0.05, 0) is 61.2 Å². The number of fused-ring (bicyclic) bond motifs is 1. The fraction of sp³-hybridized carbons (Fsp3) is 0.240. The van der Waals surface area contributed by atoms with Crippen molar-refractivity contribution >= 4 is 17.2 Å². The maximum atomic E-state index is 13.5. The number of nitrogens with one attached hydrogen (secondary N) is 2. The van der Waals surface area contributed by atoms with Crippen molar-refractivity contribution in [1.29, 1.82) is 0 Å². The first-order valence-electron chi connectivity index (χ1n) is 10.2. The van der Waals surface area contributed by atoms with Gasteiger partial charge in [0.1, 0.15) is 23.3 Å². The highest BCUT2D eigenvalue weighted by molar-refractivity contribution is 6.01. The normalized spacial score (nSPS) is 20.5. The third-order valence-corrected chi connectivity index (χ3v) is 5.92. The third-order valence-electron chi connectivity index (χ3n) is 5.92. The molecule has 0 saturated carbocycles. The average Bonchev–Trinajstić information content (AvgIpc) is 3.11. The van der Waals surface area contributed by atoms with Gasteiger partial charge >= 0.3 is 0 Å². The van der Waals surface area contributed by atoms with Crippen LogP contribution in [0.4, 0.5) is 11.4 Å². The molecule has 2 unspecified atom stereocenters. The lowest BCUT2D eigenvalue weighted by molar-refractivity contribution is -0.116. The molecule has 0 saturated heterocycles. The number of hydrogen-bond acceptors (Lipinski definition) is 5. The smallest absolute Gasteiger partial charge is 0.163 e. The van der Waals surface area contributed by atoms with Gasteiger partial charge in [-0.15, -0.1) is 0 Å². The van der Waals surface area contributed by atoms with Crippen molar-refractivity contribution in [3.63, 3.8) is 0 Å². The quantitative estimate of drug-likeness (QED) is 0.601. The summed E-state index contributed by atoms with van der Waals surface area (Å²) < 4.78 is 11.3. The largest absolute Gasteiger partial charge is 0.497 e. The van der Waals surface area contributed by atoms with Gasteiger partial charge in [0.05, 0.1) is 18.5 Å². The maximum Gasteiger partial charge on any atom is 0.163 e. The van der Waals surface area contributed by atoms with Crippen molar-refractivity contribution in [2.45, 2.75) is 31.7 Å². The Bertz CT molecular complexity index is 1140. The predicted octanol–water partition coefficient (Wildman–Crippen LogP) is 5.58. The summed E-state index contributed by atoms with van der Waals surface area (Å²) in [7, 11) is 1.66. The van der Waals surface area contributed by atoms with E-state index in [0.717, 1.165) is 51.9 Å². The number of Topliss-reactive ketones (excluding diaryl/α,β-unsaturated/α-hetero) is 1. The molecule has 1 aromatic heterocycles. The second-order valence-corrected chi connectivity index (χ2v) is 7.89. The van der Waals surface area contributed by atoms with Crippen LogP contribution in [0.1, 0.15) is 41.9 Å². The number of benzene rings is 2. The second kappa shape index (κ2) is 7.41. The van der Waals surface area contributed by atoms with E-state index in [4.69, 9.17) is 9.15 Å². The number of aryl methyl sites for hydroxylation is 1. The number of para-hydroxylation sites is 2. The molecule has 5 rings (SSSR count). The Labute approximate surface area is 175 Å². The molecule has 2 heterocycles. The topological polar surface area (TPSA) is 63.5 Å². The summed E-state index contributed by atoms with van der Waals surface area (Å²) in [4.78, 5) is 13.5. The number of carbonyl (C=O) groups excluding carboxylic acids is 1. The van der Waals surface area contributed by atoms with E-state index in [0.29, 0.717) is 6.42 Å². The molecule has 0 fully saturated rings. The van der Waals surface area contributed by atoms with Crippen molar-refractivity contribution in [3.8, 4) is 5.75 Å². The molecule has 0 radical (unpaired) electrons. The molecule has 1 aliphatic carbocycles. The van der Waals surface area contributed by atoms with Gasteiger partial charge in [-0.25, -0.2) is 0 Å². The van der Waals surface area contributed by atoms with Crippen molar-refractivity contribution in [2.75, 3.05) is 17.7 Å². The molecule has 0 amide bonds. The first-order valence-corrected chi connectivity index (χ1v) is 10.2. The number of ether oxygens (including phenoxy) is 1. The Morgan fingerprint density at radius 1 is 1.00 bits per heavy atom. The standard InChI is InChI=1S/C25H24N2O3/c1-15-10-11-23(30-15)25-24-21(26-19-8-3-4-9-20(19)27-25)13-17(14-22(24)28)16-6-5-7-18(12-16)29-2/h3-12,17,25-27H,13-14H2,1-2H3. The van der Waals surface area contributed by atoms with Gasteiger partial charge in [-0.3, -0.25) is 4.79 Å². The lowest BCUT2D eigenvalue weighted by Gasteiger charge is -2.29.